The Hall–Kier alpha value is -2.80. The highest BCUT2D eigenvalue weighted by Gasteiger charge is 2.28. The van der Waals surface area contributed by atoms with Gasteiger partial charge in [0, 0.05) is 23.5 Å². The molecule has 2 aromatic carbocycles. The van der Waals surface area contributed by atoms with Crippen molar-refractivity contribution in [3.63, 3.8) is 0 Å². The summed E-state index contributed by atoms with van der Waals surface area (Å²) < 4.78 is 19.7. The molecule has 4 rings (SSSR count). The summed E-state index contributed by atoms with van der Waals surface area (Å²) in [6.07, 6.45) is 3.81. The molecule has 0 unspecified atom stereocenters. The van der Waals surface area contributed by atoms with Crippen LogP contribution in [0.1, 0.15) is 47.7 Å². The van der Waals surface area contributed by atoms with Gasteiger partial charge in [-0.3, -0.25) is 4.79 Å². The molecule has 0 atom stereocenters. The molecule has 0 spiro atoms. The topological polar surface area (TPSA) is 72.3 Å². The van der Waals surface area contributed by atoms with Gasteiger partial charge in [-0.05, 0) is 61.6 Å². The Morgan fingerprint density at radius 1 is 1.17 bits per heavy atom. The van der Waals surface area contributed by atoms with Crippen molar-refractivity contribution in [1.82, 2.24) is 10.2 Å². The number of ether oxygens (including phenoxy) is 1. The van der Waals surface area contributed by atoms with E-state index in [4.69, 9.17) is 9.84 Å². The fourth-order valence-electron chi connectivity index (χ4n) is 3.09. The second-order valence-electron chi connectivity index (χ2n) is 7.20. The summed E-state index contributed by atoms with van der Waals surface area (Å²) >= 11 is 1.57. The molecule has 0 saturated heterocycles. The van der Waals surface area contributed by atoms with Crippen molar-refractivity contribution in [2.24, 2.45) is 0 Å². The lowest BCUT2D eigenvalue weighted by Crippen LogP contribution is -1.99. The van der Waals surface area contributed by atoms with Crippen LogP contribution in [0.5, 0.6) is 5.75 Å². The molecular weight excluding hydrogens is 391 g/mol. The molecule has 29 heavy (non-hydrogen) atoms. The lowest BCUT2D eigenvalue weighted by atomic mass is 10.1. The zero-order valence-corrected chi connectivity index (χ0v) is 16.6. The van der Waals surface area contributed by atoms with E-state index in [0.717, 1.165) is 26.7 Å². The van der Waals surface area contributed by atoms with Crippen molar-refractivity contribution in [3.8, 4) is 16.3 Å². The van der Waals surface area contributed by atoms with Crippen LogP contribution in [0.2, 0.25) is 0 Å². The van der Waals surface area contributed by atoms with Crippen molar-refractivity contribution in [2.45, 2.75) is 44.6 Å². The first kappa shape index (κ1) is 19.5. The third-order valence-electron chi connectivity index (χ3n) is 4.84. The van der Waals surface area contributed by atoms with Gasteiger partial charge in [0.1, 0.15) is 28.2 Å². The molecule has 7 heteroatoms. The molecule has 1 aliphatic carbocycles. The van der Waals surface area contributed by atoms with Gasteiger partial charge in [-0.15, -0.1) is 10.2 Å². The normalized spacial score (nSPS) is 13.4. The predicted octanol–water partition coefficient (Wildman–Crippen LogP) is 5.21. The molecule has 1 saturated carbocycles. The Bertz CT molecular complexity index is 1000. The third-order valence-corrected chi connectivity index (χ3v) is 5.96. The SMILES string of the molecule is O=C(O)CCCc1ccc(OCc2cc(F)ccc2-c2nnc(C3CC3)s2)cc1. The summed E-state index contributed by atoms with van der Waals surface area (Å²) in [6, 6.07) is 12.2. The van der Waals surface area contributed by atoms with Gasteiger partial charge in [-0.1, -0.05) is 23.5 Å². The van der Waals surface area contributed by atoms with Crippen molar-refractivity contribution < 1.29 is 19.0 Å². The number of benzene rings is 2. The minimum atomic E-state index is -0.782. The average Bonchev–Trinajstić information content (AvgIpc) is 3.44. The quantitative estimate of drug-likeness (QED) is 0.522. The number of aliphatic carboxylic acids is 1. The molecule has 1 aliphatic rings. The number of hydrogen-bond acceptors (Lipinski definition) is 5. The van der Waals surface area contributed by atoms with Crippen LogP contribution in [-0.2, 0) is 17.8 Å². The molecule has 3 aromatic rings. The summed E-state index contributed by atoms with van der Waals surface area (Å²) in [7, 11) is 0. The van der Waals surface area contributed by atoms with E-state index in [2.05, 4.69) is 10.2 Å². The van der Waals surface area contributed by atoms with E-state index in [9.17, 15) is 9.18 Å². The Balaban J connectivity index is 1.42. The zero-order valence-electron chi connectivity index (χ0n) is 15.8. The molecule has 1 heterocycles. The van der Waals surface area contributed by atoms with E-state index < -0.39 is 5.97 Å². The number of rotatable bonds is 9. The standard InChI is InChI=1S/C22H21FN2O3S/c23-17-8-11-19(22-25-24-21(29-22)15-6-7-15)16(12-17)13-28-18-9-4-14(5-10-18)2-1-3-20(26)27/h4-5,8-12,15H,1-3,6-7,13H2,(H,26,27). The van der Waals surface area contributed by atoms with Crippen LogP contribution in [-0.4, -0.2) is 21.3 Å². The Labute approximate surface area is 172 Å². The maximum atomic E-state index is 13.8. The van der Waals surface area contributed by atoms with Crippen molar-refractivity contribution >= 4 is 17.3 Å². The van der Waals surface area contributed by atoms with Gasteiger partial charge in [0.05, 0.1) is 0 Å². The molecule has 0 radical (unpaired) electrons. The molecular formula is C22H21FN2O3S. The lowest BCUT2D eigenvalue weighted by Gasteiger charge is -2.10. The van der Waals surface area contributed by atoms with Gasteiger partial charge in [0.25, 0.3) is 0 Å². The number of carboxylic acids is 1. The van der Waals surface area contributed by atoms with Crippen LogP contribution in [0.15, 0.2) is 42.5 Å². The van der Waals surface area contributed by atoms with Crippen LogP contribution in [0.4, 0.5) is 4.39 Å². The number of hydrogen-bond donors (Lipinski definition) is 1. The van der Waals surface area contributed by atoms with Gasteiger partial charge in [0.2, 0.25) is 0 Å². The second-order valence-corrected chi connectivity index (χ2v) is 8.21. The maximum absolute atomic E-state index is 13.8. The summed E-state index contributed by atoms with van der Waals surface area (Å²) in [4.78, 5) is 10.6. The first-order chi connectivity index (χ1) is 14.1. The van der Waals surface area contributed by atoms with E-state index in [-0.39, 0.29) is 18.8 Å². The number of aryl methyl sites for hydroxylation is 1. The van der Waals surface area contributed by atoms with Gasteiger partial charge >= 0.3 is 5.97 Å². The fraction of sp³-hybridized carbons (Fsp3) is 0.318. The summed E-state index contributed by atoms with van der Waals surface area (Å²) in [5.41, 5.74) is 2.64. The molecule has 150 valence electrons. The molecule has 1 fully saturated rings. The minimum absolute atomic E-state index is 0.161. The summed E-state index contributed by atoms with van der Waals surface area (Å²) in [6.45, 7) is 0.226. The van der Waals surface area contributed by atoms with Gasteiger partial charge in [0.15, 0.2) is 0 Å². The lowest BCUT2D eigenvalue weighted by molar-refractivity contribution is -0.137. The Morgan fingerprint density at radius 2 is 1.97 bits per heavy atom. The van der Waals surface area contributed by atoms with E-state index in [0.29, 0.717) is 24.5 Å². The largest absolute Gasteiger partial charge is 0.489 e. The van der Waals surface area contributed by atoms with Gasteiger partial charge < -0.3 is 9.84 Å². The van der Waals surface area contributed by atoms with Gasteiger partial charge in [-0.25, -0.2) is 4.39 Å². The number of carboxylic acid groups (broad SMARTS) is 1. The highest BCUT2D eigenvalue weighted by molar-refractivity contribution is 7.14. The Kier molecular flexibility index (Phi) is 5.85. The number of carbonyl (C=O) groups is 1. The molecule has 0 amide bonds. The van der Waals surface area contributed by atoms with E-state index in [1.54, 1.807) is 17.4 Å². The fourth-order valence-corrected chi connectivity index (χ4v) is 4.16. The highest BCUT2D eigenvalue weighted by Crippen LogP contribution is 2.43. The third kappa shape index (κ3) is 5.17. The van der Waals surface area contributed by atoms with Crippen LogP contribution in [0, 0.1) is 5.82 Å². The van der Waals surface area contributed by atoms with Crippen molar-refractivity contribution in [1.29, 1.82) is 0 Å². The van der Waals surface area contributed by atoms with E-state index in [1.807, 2.05) is 24.3 Å². The van der Waals surface area contributed by atoms with E-state index in [1.165, 1.54) is 25.0 Å². The van der Waals surface area contributed by atoms with Crippen LogP contribution >= 0.6 is 11.3 Å². The first-order valence-corrected chi connectivity index (χ1v) is 10.5. The van der Waals surface area contributed by atoms with Crippen molar-refractivity contribution in [2.75, 3.05) is 0 Å². The average molecular weight is 412 g/mol. The Morgan fingerprint density at radius 3 is 2.69 bits per heavy atom. The molecule has 1 aromatic heterocycles. The summed E-state index contributed by atoms with van der Waals surface area (Å²) in [5, 5.41) is 19.1. The number of nitrogens with zero attached hydrogens (tertiary/aromatic N) is 2. The first-order valence-electron chi connectivity index (χ1n) is 9.64. The summed E-state index contributed by atoms with van der Waals surface area (Å²) in [5.74, 6) is 0.122. The van der Waals surface area contributed by atoms with Crippen LogP contribution < -0.4 is 4.74 Å². The number of aromatic nitrogens is 2. The van der Waals surface area contributed by atoms with Crippen LogP contribution in [0.25, 0.3) is 10.6 Å². The highest BCUT2D eigenvalue weighted by atomic mass is 32.1. The predicted molar refractivity (Wildman–Crippen MR) is 109 cm³/mol. The molecule has 1 N–H and O–H groups in total. The van der Waals surface area contributed by atoms with Crippen molar-refractivity contribution in [3.05, 3.63) is 64.4 Å². The number of halogens is 1. The smallest absolute Gasteiger partial charge is 0.303 e. The second kappa shape index (κ2) is 8.69. The zero-order chi connectivity index (χ0) is 20.2. The minimum Gasteiger partial charge on any atom is -0.489 e. The van der Waals surface area contributed by atoms with Crippen LogP contribution in [0.3, 0.4) is 0 Å². The maximum Gasteiger partial charge on any atom is 0.303 e. The molecule has 0 aliphatic heterocycles. The van der Waals surface area contributed by atoms with E-state index >= 15 is 0 Å². The molecule has 0 bridgehead atoms. The molecule has 5 nitrogen and oxygen atoms in total. The van der Waals surface area contributed by atoms with Gasteiger partial charge in [-0.2, -0.15) is 0 Å². The monoisotopic (exact) mass is 412 g/mol.